The lowest BCUT2D eigenvalue weighted by molar-refractivity contribution is 0.297. The van der Waals surface area contributed by atoms with Crippen LogP contribution in [0.4, 0.5) is 5.69 Å². The highest BCUT2D eigenvalue weighted by atomic mass is 32.2. The predicted molar refractivity (Wildman–Crippen MR) is 160 cm³/mol. The van der Waals surface area contributed by atoms with Crippen LogP contribution in [0.15, 0.2) is 59.5 Å². The molecule has 4 rings (SSSR count). The van der Waals surface area contributed by atoms with Gasteiger partial charge in [0.1, 0.15) is 0 Å². The highest BCUT2D eigenvalue weighted by Crippen LogP contribution is 2.53. The number of hydrogen-bond donors (Lipinski definition) is 1. The molecular weight excluding hydrogens is 528 g/mol. The van der Waals surface area contributed by atoms with E-state index in [0.717, 1.165) is 57.5 Å². The molecule has 1 N–H and O–H groups in total. The Morgan fingerprint density at radius 3 is 1.77 bits per heavy atom. The topological polar surface area (TPSA) is 77.9 Å². The summed E-state index contributed by atoms with van der Waals surface area (Å²) in [5, 5.41) is 0. The molecule has 1 aliphatic rings. The van der Waals surface area contributed by atoms with Crippen molar-refractivity contribution in [3.63, 3.8) is 0 Å². The molecule has 1 fully saturated rings. The molecule has 0 radical (unpaired) electrons. The number of nitrogens with zero attached hydrogens (tertiary/aromatic N) is 2. The van der Waals surface area contributed by atoms with Crippen LogP contribution >= 0.6 is 0 Å². The van der Waals surface area contributed by atoms with E-state index in [2.05, 4.69) is 0 Å². The van der Waals surface area contributed by atoms with Crippen LogP contribution in [0.1, 0.15) is 64.6 Å². The van der Waals surface area contributed by atoms with E-state index in [0.29, 0.717) is 30.8 Å². The molecule has 1 aliphatic carbocycles. The maximum absolute atomic E-state index is 14.4. The summed E-state index contributed by atoms with van der Waals surface area (Å²) in [6.45, 7) is 12.3. The number of benzene rings is 3. The second-order valence-electron chi connectivity index (χ2n) is 11.0. The quantitative estimate of drug-likeness (QED) is 0.208. The fraction of sp³-hybridized carbons (Fsp3) is 0.419. The SMILES string of the molecule is Cc1cc(C)c(N(CCCCN(C2(c3ccccc3)CC2)S(=O)(=O)c2c(C)cc(C)cc2C)S(=O)O)c(C)c1. The summed E-state index contributed by atoms with van der Waals surface area (Å²) in [7, 11) is -3.80. The summed E-state index contributed by atoms with van der Waals surface area (Å²) in [5.74, 6) is 0. The number of aryl methyl sites for hydroxylation is 6. The maximum Gasteiger partial charge on any atom is 0.261 e. The van der Waals surface area contributed by atoms with Crippen LogP contribution in [0.2, 0.25) is 0 Å². The van der Waals surface area contributed by atoms with Gasteiger partial charge in [0, 0.05) is 13.1 Å². The molecule has 0 heterocycles. The van der Waals surface area contributed by atoms with Crippen LogP contribution in [-0.4, -0.2) is 34.6 Å². The smallest absolute Gasteiger partial charge is 0.261 e. The summed E-state index contributed by atoms with van der Waals surface area (Å²) in [6.07, 6.45) is 2.68. The summed E-state index contributed by atoms with van der Waals surface area (Å²) in [6, 6.07) is 17.8. The van der Waals surface area contributed by atoms with Crippen molar-refractivity contribution in [2.24, 2.45) is 0 Å². The Balaban J connectivity index is 1.63. The molecule has 0 aromatic heterocycles. The molecule has 0 bridgehead atoms. The highest BCUT2D eigenvalue weighted by Gasteiger charge is 2.54. The standard InChI is InChI=1S/C31H40N2O4S2/c1-22-18-24(3)29(25(4)19-22)32(38(34)35)16-10-11-17-33(31(14-15-31)28-12-8-7-9-13-28)39(36,37)30-26(5)20-23(2)21-27(30)6/h7-9,12-13,18-21H,10-11,14-17H2,1-6H3,(H,34,35). The van der Waals surface area contributed by atoms with Gasteiger partial charge in [-0.2, -0.15) is 4.31 Å². The Kier molecular flexibility index (Phi) is 8.71. The van der Waals surface area contributed by atoms with Gasteiger partial charge in [-0.15, -0.1) is 0 Å². The molecule has 0 saturated heterocycles. The maximum atomic E-state index is 14.4. The van der Waals surface area contributed by atoms with Crippen molar-refractivity contribution in [1.82, 2.24) is 4.31 Å². The van der Waals surface area contributed by atoms with Gasteiger partial charge >= 0.3 is 0 Å². The van der Waals surface area contributed by atoms with E-state index in [9.17, 15) is 17.2 Å². The summed E-state index contributed by atoms with van der Waals surface area (Å²) >= 11 is -2.18. The van der Waals surface area contributed by atoms with E-state index < -0.39 is 26.8 Å². The van der Waals surface area contributed by atoms with Crippen LogP contribution in [0.3, 0.4) is 0 Å². The normalized spacial score (nSPS) is 15.4. The average molecular weight is 569 g/mol. The fourth-order valence-electron chi connectivity index (χ4n) is 6.14. The van der Waals surface area contributed by atoms with Gasteiger partial charge in [-0.1, -0.05) is 65.7 Å². The summed E-state index contributed by atoms with van der Waals surface area (Å²) < 4.78 is 54.4. The zero-order valence-corrected chi connectivity index (χ0v) is 25.5. The van der Waals surface area contributed by atoms with Crippen molar-refractivity contribution in [1.29, 1.82) is 0 Å². The molecule has 1 unspecified atom stereocenters. The van der Waals surface area contributed by atoms with E-state index in [4.69, 9.17) is 0 Å². The third kappa shape index (κ3) is 5.99. The van der Waals surface area contributed by atoms with Crippen molar-refractivity contribution >= 4 is 27.0 Å². The van der Waals surface area contributed by atoms with Crippen LogP contribution in [0.5, 0.6) is 0 Å². The van der Waals surface area contributed by atoms with E-state index >= 15 is 0 Å². The van der Waals surface area contributed by atoms with Gasteiger partial charge < -0.3 is 0 Å². The lowest BCUT2D eigenvalue weighted by atomic mass is 10.0. The summed E-state index contributed by atoms with van der Waals surface area (Å²) in [5.41, 5.74) is 6.78. The number of rotatable bonds is 11. The Morgan fingerprint density at radius 1 is 0.795 bits per heavy atom. The Hall–Kier alpha value is -2.52. The first-order valence-electron chi connectivity index (χ1n) is 13.5. The zero-order chi connectivity index (χ0) is 28.5. The summed E-state index contributed by atoms with van der Waals surface area (Å²) in [4.78, 5) is 0.388. The van der Waals surface area contributed by atoms with Gasteiger partial charge in [0.2, 0.25) is 10.0 Å². The molecule has 1 saturated carbocycles. The number of sulfonamides is 1. The molecule has 8 heteroatoms. The van der Waals surface area contributed by atoms with E-state index in [-0.39, 0.29) is 0 Å². The second kappa shape index (κ2) is 11.5. The molecule has 210 valence electrons. The highest BCUT2D eigenvalue weighted by molar-refractivity contribution is 7.89. The van der Waals surface area contributed by atoms with Crippen molar-refractivity contribution in [3.8, 4) is 0 Å². The minimum atomic E-state index is -3.80. The second-order valence-corrected chi connectivity index (χ2v) is 13.7. The first-order valence-corrected chi connectivity index (χ1v) is 16.0. The van der Waals surface area contributed by atoms with Crippen molar-refractivity contribution < 1.29 is 17.2 Å². The van der Waals surface area contributed by atoms with E-state index in [1.54, 1.807) is 4.31 Å². The van der Waals surface area contributed by atoms with Gasteiger partial charge in [0.25, 0.3) is 11.3 Å². The number of unbranched alkanes of at least 4 members (excludes halogenated alkanes) is 1. The molecule has 0 aliphatic heterocycles. The van der Waals surface area contributed by atoms with Crippen LogP contribution in [0.25, 0.3) is 0 Å². The number of hydrogen-bond acceptors (Lipinski definition) is 3. The monoisotopic (exact) mass is 568 g/mol. The molecule has 1 atom stereocenters. The van der Waals surface area contributed by atoms with Crippen LogP contribution < -0.4 is 4.31 Å². The molecule has 0 amide bonds. The lowest BCUT2D eigenvalue weighted by Gasteiger charge is -2.33. The molecule has 6 nitrogen and oxygen atoms in total. The predicted octanol–water partition coefficient (Wildman–Crippen LogP) is 6.64. The van der Waals surface area contributed by atoms with Gasteiger partial charge in [-0.3, -0.25) is 8.86 Å². The molecule has 39 heavy (non-hydrogen) atoms. The minimum Gasteiger partial charge on any atom is -0.289 e. The van der Waals surface area contributed by atoms with Crippen molar-refractivity contribution in [2.75, 3.05) is 17.4 Å². The first kappa shape index (κ1) is 29.5. The molecule has 0 spiro atoms. The molecule has 3 aromatic rings. The van der Waals surface area contributed by atoms with Gasteiger partial charge in [0.05, 0.1) is 16.1 Å². The Bertz CT molecular complexity index is 1440. The van der Waals surface area contributed by atoms with Crippen LogP contribution in [0, 0.1) is 41.5 Å². The van der Waals surface area contributed by atoms with E-state index in [1.165, 1.54) is 4.31 Å². The third-order valence-electron chi connectivity index (χ3n) is 7.71. The molecular formula is C31H40N2O4S2. The average Bonchev–Trinajstić information content (AvgIpc) is 3.63. The fourth-order valence-corrected chi connectivity index (χ4v) is 9.14. The largest absolute Gasteiger partial charge is 0.289 e. The van der Waals surface area contributed by atoms with Crippen LogP contribution in [-0.2, 0) is 26.8 Å². The number of anilines is 1. The van der Waals surface area contributed by atoms with E-state index in [1.807, 2.05) is 96.1 Å². The lowest BCUT2D eigenvalue weighted by Crippen LogP contribution is -2.42. The zero-order valence-electron chi connectivity index (χ0n) is 23.8. The van der Waals surface area contributed by atoms with Gasteiger partial charge in [-0.25, -0.2) is 12.6 Å². The van der Waals surface area contributed by atoms with Gasteiger partial charge in [-0.05, 0) is 95.0 Å². The Labute approximate surface area is 236 Å². The van der Waals surface area contributed by atoms with Gasteiger partial charge in [0.15, 0.2) is 0 Å². The molecule has 3 aromatic carbocycles. The van der Waals surface area contributed by atoms with Crippen molar-refractivity contribution in [2.45, 2.75) is 77.7 Å². The van der Waals surface area contributed by atoms with Crippen molar-refractivity contribution in [3.05, 3.63) is 93.5 Å². The third-order valence-corrected chi connectivity index (χ3v) is 10.7. The first-order chi connectivity index (χ1) is 18.4. The minimum absolute atomic E-state index is 0.335. The Morgan fingerprint density at radius 2 is 1.28 bits per heavy atom.